The molecule has 1 aromatic heterocycles. The average Bonchev–Trinajstić information content (AvgIpc) is 2.86. The van der Waals surface area contributed by atoms with Gasteiger partial charge < -0.3 is 9.47 Å². The maximum atomic E-state index is 13.1. The quantitative estimate of drug-likeness (QED) is 0.176. The fourth-order valence-corrected chi connectivity index (χ4v) is 3.99. The maximum absolute atomic E-state index is 13.1. The second kappa shape index (κ2) is 16.9. The van der Waals surface area contributed by atoms with E-state index in [1.807, 2.05) is 12.1 Å². The molecule has 5 heteroatoms. The van der Waals surface area contributed by atoms with Gasteiger partial charge in [-0.3, -0.25) is 0 Å². The van der Waals surface area contributed by atoms with Crippen molar-refractivity contribution in [3.8, 4) is 5.88 Å². The first-order chi connectivity index (χ1) is 16.7. The molecule has 2 aromatic rings. The number of carbonyl (C=O) groups is 2. The number of unbranched alkanes of at least 4 members (excludes halogenated alkanes) is 10. The molecule has 1 heterocycles. The minimum absolute atomic E-state index is 0.209. The maximum Gasteiger partial charge on any atom is 0.345 e. The Morgan fingerprint density at radius 2 is 1.41 bits per heavy atom. The third-order valence-corrected chi connectivity index (χ3v) is 5.94. The summed E-state index contributed by atoms with van der Waals surface area (Å²) in [7, 11) is 0. The molecule has 0 unspecified atom stereocenters. The fraction of sp³-hybridized carbons (Fsp3) is 0.552. The summed E-state index contributed by atoms with van der Waals surface area (Å²) in [6.07, 6.45) is 16.0. The first kappa shape index (κ1) is 27.6. The van der Waals surface area contributed by atoms with Gasteiger partial charge in [0, 0.05) is 12.3 Å². The van der Waals surface area contributed by atoms with E-state index in [0.29, 0.717) is 12.2 Å². The van der Waals surface area contributed by atoms with Gasteiger partial charge in [-0.1, -0.05) is 96.3 Å². The summed E-state index contributed by atoms with van der Waals surface area (Å²) in [6.45, 7) is 4.77. The number of nitrogens with zero attached hydrogens (tertiary/aromatic N) is 1. The first-order valence-electron chi connectivity index (χ1n) is 13.1. The van der Waals surface area contributed by atoms with Crippen LogP contribution in [0.1, 0.15) is 117 Å². The van der Waals surface area contributed by atoms with E-state index in [4.69, 9.17) is 9.47 Å². The summed E-state index contributed by atoms with van der Waals surface area (Å²) < 4.78 is 11.1. The van der Waals surface area contributed by atoms with Gasteiger partial charge in [-0.15, -0.1) is 0 Å². The Morgan fingerprint density at radius 1 is 0.735 bits per heavy atom. The van der Waals surface area contributed by atoms with Gasteiger partial charge in [-0.2, -0.15) is 0 Å². The van der Waals surface area contributed by atoms with Crippen molar-refractivity contribution >= 4 is 11.9 Å². The van der Waals surface area contributed by atoms with Crippen molar-refractivity contribution < 1.29 is 19.1 Å². The van der Waals surface area contributed by atoms with Gasteiger partial charge in [0.2, 0.25) is 5.88 Å². The van der Waals surface area contributed by atoms with E-state index in [1.165, 1.54) is 44.9 Å². The lowest BCUT2D eigenvalue weighted by Gasteiger charge is -2.14. The van der Waals surface area contributed by atoms with E-state index < -0.39 is 11.9 Å². The van der Waals surface area contributed by atoms with Crippen molar-refractivity contribution in [1.29, 1.82) is 0 Å². The van der Waals surface area contributed by atoms with Crippen molar-refractivity contribution in [2.24, 2.45) is 0 Å². The Hall–Kier alpha value is -2.69. The summed E-state index contributed by atoms with van der Waals surface area (Å²) in [6, 6.07) is 10.5. The number of hydrogen-bond donors (Lipinski definition) is 0. The molecule has 0 aliphatic rings. The summed E-state index contributed by atoms with van der Waals surface area (Å²) in [5.41, 5.74) is 1.42. The molecule has 2 rings (SSSR count). The van der Waals surface area contributed by atoms with Gasteiger partial charge in [-0.25, -0.2) is 14.6 Å². The fourth-order valence-electron chi connectivity index (χ4n) is 3.99. The van der Waals surface area contributed by atoms with Crippen molar-refractivity contribution in [2.45, 2.75) is 97.3 Å². The molecule has 1 aromatic carbocycles. The van der Waals surface area contributed by atoms with Gasteiger partial charge in [0.05, 0.1) is 17.7 Å². The molecule has 0 spiro atoms. The molecule has 5 nitrogen and oxygen atoms in total. The van der Waals surface area contributed by atoms with Crippen LogP contribution in [0.3, 0.4) is 0 Å². The minimum Gasteiger partial charge on any atom is -0.462 e. The van der Waals surface area contributed by atoms with Crippen molar-refractivity contribution in [2.75, 3.05) is 6.61 Å². The first-order valence-corrected chi connectivity index (χ1v) is 13.1. The van der Waals surface area contributed by atoms with Crippen molar-refractivity contribution in [1.82, 2.24) is 4.98 Å². The second-order valence-corrected chi connectivity index (χ2v) is 8.82. The van der Waals surface area contributed by atoms with E-state index in [0.717, 1.165) is 44.1 Å². The Morgan fingerprint density at radius 3 is 2.09 bits per heavy atom. The molecular weight excluding hydrogens is 426 g/mol. The Bertz CT molecular complexity index is 850. The Labute approximate surface area is 205 Å². The van der Waals surface area contributed by atoms with Crippen molar-refractivity contribution in [3.05, 3.63) is 59.3 Å². The van der Waals surface area contributed by atoms with E-state index in [1.54, 1.807) is 30.5 Å². The normalized spacial score (nSPS) is 10.8. The van der Waals surface area contributed by atoms with E-state index in [-0.39, 0.29) is 11.4 Å². The van der Waals surface area contributed by atoms with Crippen LogP contribution in [0.2, 0.25) is 0 Å². The predicted octanol–water partition coefficient (Wildman–Crippen LogP) is 7.72. The lowest BCUT2D eigenvalue weighted by Crippen LogP contribution is -2.19. The molecule has 0 fully saturated rings. The molecule has 0 N–H and O–H groups in total. The summed E-state index contributed by atoms with van der Waals surface area (Å²) in [5, 5.41) is 0. The van der Waals surface area contributed by atoms with Gasteiger partial charge in [-0.05, 0) is 37.0 Å². The number of aryl methyl sites for hydroxylation is 1. The predicted molar refractivity (Wildman–Crippen MR) is 136 cm³/mol. The van der Waals surface area contributed by atoms with E-state index in [9.17, 15) is 9.59 Å². The van der Waals surface area contributed by atoms with Crippen LogP contribution in [-0.2, 0) is 11.2 Å². The zero-order chi connectivity index (χ0) is 24.4. The van der Waals surface area contributed by atoms with Crippen LogP contribution in [0.5, 0.6) is 5.88 Å². The monoisotopic (exact) mass is 467 g/mol. The molecule has 0 saturated carbocycles. The minimum atomic E-state index is -0.588. The second-order valence-electron chi connectivity index (χ2n) is 8.82. The molecule has 34 heavy (non-hydrogen) atoms. The lowest BCUT2D eigenvalue weighted by molar-refractivity contribution is 0.0487. The zero-order valence-electron chi connectivity index (χ0n) is 21.0. The molecular formula is C29H41NO4. The van der Waals surface area contributed by atoms with Crippen LogP contribution >= 0.6 is 0 Å². The summed E-state index contributed by atoms with van der Waals surface area (Å²) in [4.78, 5) is 30.1. The lowest BCUT2D eigenvalue weighted by atomic mass is 9.96. The van der Waals surface area contributed by atoms with E-state index in [2.05, 4.69) is 18.8 Å². The number of aromatic nitrogens is 1. The number of benzene rings is 1. The standard InChI is InChI=1S/C29H41NO4/c1-3-5-7-9-11-13-18-24-19-17-20-25(28(31)34-26-21-14-15-22-30-26)27(24)29(32)33-23-16-12-10-8-6-4-2/h14-15,17,19-22H,3-13,16,18,23H2,1-2H3. The Kier molecular flexibility index (Phi) is 13.7. The topological polar surface area (TPSA) is 65.5 Å². The van der Waals surface area contributed by atoms with Crippen LogP contribution in [0.4, 0.5) is 0 Å². The van der Waals surface area contributed by atoms with Gasteiger partial charge >= 0.3 is 11.9 Å². The zero-order valence-corrected chi connectivity index (χ0v) is 21.0. The van der Waals surface area contributed by atoms with Crippen molar-refractivity contribution in [3.63, 3.8) is 0 Å². The van der Waals surface area contributed by atoms with Gasteiger partial charge in [0.1, 0.15) is 0 Å². The third kappa shape index (κ3) is 10.1. The molecule has 0 bridgehead atoms. The van der Waals surface area contributed by atoms with Crippen LogP contribution in [0.15, 0.2) is 42.6 Å². The smallest absolute Gasteiger partial charge is 0.345 e. The molecule has 0 atom stereocenters. The largest absolute Gasteiger partial charge is 0.462 e. The van der Waals surface area contributed by atoms with Gasteiger partial charge in [0.25, 0.3) is 0 Å². The highest BCUT2D eigenvalue weighted by molar-refractivity contribution is 6.04. The van der Waals surface area contributed by atoms with Crippen LogP contribution in [0.25, 0.3) is 0 Å². The Balaban J connectivity index is 2.07. The van der Waals surface area contributed by atoms with Crippen LogP contribution in [0, 0.1) is 0 Å². The highest BCUT2D eigenvalue weighted by Gasteiger charge is 2.23. The summed E-state index contributed by atoms with van der Waals surface area (Å²) >= 11 is 0. The molecule has 186 valence electrons. The molecule has 0 aliphatic carbocycles. The molecule has 0 saturated heterocycles. The SMILES string of the molecule is CCCCCCCCOC(=O)c1c(CCCCCCCC)cccc1C(=O)Oc1ccccn1. The number of pyridine rings is 1. The third-order valence-electron chi connectivity index (χ3n) is 5.94. The number of carbonyl (C=O) groups excluding carboxylic acids is 2. The van der Waals surface area contributed by atoms with Crippen LogP contribution in [-0.4, -0.2) is 23.5 Å². The molecule has 0 amide bonds. The van der Waals surface area contributed by atoms with Crippen LogP contribution < -0.4 is 4.74 Å². The van der Waals surface area contributed by atoms with Gasteiger partial charge in [0.15, 0.2) is 0 Å². The molecule has 0 radical (unpaired) electrons. The summed E-state index contributed by atoms with van der Waals surface area (Å²) in [5.74, 6) is -0.821. The van der Waals surface area contributed by atoms with E-state index >= 15 is 0 Å². The number of ether oxygens (including phenoxy) is 2. The number of hydrogen-bond acceptors (Lipinski definition) is 5. The molecule has 0 aliphatic heterocycles. The number of esters is 2. The average molecular weight is 468 g/mol. The highest BCUT2D eigenvalue weighted by Crippen LogP contribution is 2.22. The highest BCUT2D eigenvalue weighted by atomic mass is 16.5. The number of rotatable bonds is 17.